The summed E-state index contributed by atoms with van der Waals surface area (Å²) < 4.78 is 0. The summed E-state index contributed by atoms with van der Waals surface area (Å²) >= 11 is 0. The van der Waals surface area contributed by atoms with Gasteiger partial charge in [-0.1, -0.05) is 31.5 Å². The van der Waals surface area contributed by atoms with Gasteiger partial charge in [0.15, 0.2) is 0 Å². The number of hydrogen-bond donors (Lipinski definition) is 2. The Morgan fingerprint density at radius 2 is 2.11 bits per heavy atom. The van der Waals surface area contributed by atoms with Crippen LogP contribution in [0.2, 0.25) is 0 Å². The van der Waals surface area contributed by atoms with E-state index in [1.165, 1.54) is 12.0 Å². The Morgan fingerprint density at radius 1 is 1.37 bits per heavy atom. The molecule has 1 fully saturated rings. The smallest absolute Gasteiger partial charge is 0.227 e. The number of amides is 1. The van der Waals surface area contributed by atoms with Gasteiger partial charge < -0.3 is 10.6 Å². The minimum Gasteiger partial charge on any atom is -0.326 e. The van der Waals surface area contributed by atoms with Crippen LogP contribution in [-0.4, -0.2) is 12.5 Å². The van der Waals surface area contributed by atoms with Crippen molar-refractivity contribution in [3.8, 4) is 0 Å². The summed E-state index contributed by atoms with van der Waals surface area (Å²) in [4.78, 5) is 12.1. The quantitative estimate of drug-likeness (QED) is 0.822. The molecule has 1 aromatic rings. The van der Waals surface area contributed by atoms with E-state index >= 15 is 0 Å². The van der Waals surface area contributed by atoms with Gasteiger partial charge in [0, 0.05) is 17.6 Å². The van der Waals surface area contributed by atoms with E-state index in [-0.39, 0.29) is 17.9 Å². The van der Waals surface area contributed by atoms with Crippen molar-refractivity contribution in [3.05, 3.63) is 29.8 Å². The Hall–Kier alpha value is -1.35. The van der Waals surface area contributed by atoms with Gasteiger partial charge in [-0.25, -0.2) is 0 Å². The van der Waals surface area contributed by atoms with Crippen LogP contribution in [0.3, 0.4) is 0 Å². The van der Waals surface area contributed by atoms with Gasteiger partial charge in [-0.05, 0) is 44.4 Å². The first-order valence-corrected chi connectivity index (χ1v) is 7.35. The maximum atomic E-state index is 12.1. The molecule has 1 amide bonds. The van der Waals surface area contributed by atoms with Crippen LogP contribution in [0.25, 0.3) is 0 Å². The second-order valence-corrected chi connectivity index (χ2v) is 5.38. The fourth-order valence-corrected chi connectivity index (χ4v) is 2.36. The molecule has 0 aromatic heterocycles. The normalized spacial score (nSPS) is 16.7. The molecule has 3 nitrogen and oxygen atoms in total. The topological polar surface area (TPSA) is 41.1 Å². The minimum atomic E-state index is 0.182. The van der Waals surface area contributed by atoms with E-state index in [1.807, 2.05) is 18.2 Å². The molecule has 2 N–H and O–H groups in total. The van der Waals surface area contributed by atoms with Gasteiger partial charge >= 0.3 is 0 Å². The van der Waals surface area contributed by atoms with Crippen LogP contribution in [0, 0.1) is 5.92 Å². The molecular formula is C16H24N2O. The fraction of sp³-hybridized carbons (Fsp3) is 0.562. The Balaban J connectivity index is 2.04. The molecule has 0 aliphatic heterocycles. The Morgan fingerprint density at radius 3 is 2.74 bits per heavy atom. The van der Waals surface area contributed by atoms with Crippen molar-refractivity contribution < 1.29 is 4.79 Å². The highest BCUT2D eigenvalue weighted by Crippen LogP contribution is 2.29. The summed E-state index contributed by atoms with van der Waals surface area (Å²) in [5, 5.41) is 6.56. The Kier molecular flexibility index (Phi) is 4.97. The molecule has 1 saturated carbocycles. The monoisotopic (exact) mass is 260 g/mol. The first-order chi connectivity index (χ1) is 9.22. The molecule has 1 unspecified atom stereocenters. The van der Waals surface area contributed by atoms with Crippen LogP contribution in [0.5, 0.6) is 0 Å². The molecule has 0 radical (unpaired) electrons. The van der Waals surface area contributed by atoms with Crippen molar-refractivity contribution in [2.45, 2.75) is 45.6 Å². The Labute approximate surface area is 115 Å². The molecule has 1 aromatic carbocycles. The van der Waals surface area contributed by atoms with Crippen LogP contribution in [0.4, 0.5) is 5.69 Å². The second kappa shape index (κ2) is 6.71. The molecule has 0 spiro atoms. The number of benzene rings is 1. The van der Waals surface area contributed by atoms with Crippen molar-refractivity contribution in [1.29, 1.82) is 0 Å². The summed E-state index contributed by atoms with van der Waals surface area (Å²) in [6, 6.07) is 8.35. The zero-order valence-corrected chi connectivity index (χ0v) is 11.9. The van der Waals surface area contributed by atoms with Gasteiger partial charge in [0.1, 0.15) is 0 Å². The van der Waals surface area contributed by atoms with Crippen molar-refractivity contribution >= 4 is 11.6 Å². The molecule has 1 aliphatic rings. The maximum Gasteiger partial charge on any atom is 0.227 e. The lowest BCUT2D eigenvalue weighted by Crippen LogP contribution is -2.29. The third-order valence-corrected chi connectivity index (χ3v) is 3.86. The summed E-state index contributed by atoms with van der Waals surface area (Å²) in [6.45, 7) is 5.29. The van der Waals surface area contributed by atoms with Crippen molar-refractivity contribution in [3.63, 3.8) is 0 Å². The summed E-state index contributed by atoms with van der Waals surface area (Å²) in [5.74, 6) is 0.411. The molecular weight excluding hydrogens is 236 g/mol. The van der Waals surface area contributed by atoms with E-state index in [1.54, 1.807) is 0 Å². The van der Waals surface area contributed by atoms with Crippen molar-refractivity contribution in [1.82, 2.24) is 5.32 Å². The summed E-state index contributed by atoms with van der Waals surface area (Å²) in [7, 11) is 0. The lowest BCUT2D eigenvalue weighted by molar-refractivity contribution is -0.122. The first-order valence-electron chi connectivity index (χ1n) is 7.35. The van der Waals surface area contributed by atoms with E-state index in [9.17, 15) is 4.79 Å². The third-order valence-electron chi connectivity index (χ3n) is 3.86. The average Bonchev–Trinajstić information content (AvgIpc) is 2.34. The van der Waals surface area contributed by atoms with Crippen LogP contribution >= 0.6 is 0 Å². The van der Waals surface area contributed by atoms with Gasteiger partial charge in [0.25, 0.3) is 0 Å². The zero-order chi connectivity index (χ0) is 13.7. The van der Waals surface area contributed by atoms with Gasteiger partial charge in [0.2, 0.25) is 5.91 Å². The van der Waals surface area contributed by atoms with Crippen molar-refractivity contribution in [2.24, 2.45) is 5.92 Å². The standard InChI is InChI=1S/C16H24N2O/c1-3-11-17-12(2)14-9-4-5-10-15(14)18-16(19)13-7-6-8-13/h4-5,9-10,12-13,17H,3,6-8,11H2,1-2H3,(H,18,19). The highest BCUT2D eigenvalue weighted by atomic mass is 16.1. The number of nitrogens with one attached hydrogen (secondary N) is 2. The lowest BCUT2D eigenvalue weighted by Gasteiger charge is -2.25. The van der Waals surface area contributed by atoms with Crippen LogP contribution in [-0.2, 0) is 4.79 Å². The molecule has 104 valence electrons. The molecule has 2 rings (SSSR count). The predicted octanol–water partition coefficient (Wildman–Crippen LogP) is 3.49. The van der Waals surface area contributed by atoms with Gasteiger partial charge in [-0.2, -0.15) is 0 Å². The molecule has 0 bridgehead atoms. The van der Waals surface area contributed by atoms with E-state index in [0.717, 1.165) is 31.5 Å². The molecule has 0 saturated heterocycles. The molecule has 3 heteroatoms. The predicted molar refractivity (Wildman–Crippen MR) is 79.1 cm³/mol. The second-order valence-electron chi connectivity index (χ2n) is 5.38. The van der Waals surface area contributed by atoms with E-state index in [0.29, 0.717) is 0 Å². The lowest BCUT2D eigenvalue weighted by atomic mass is 9.84. The van der Waals surface area contributed by atoms with E-state index in [4.69, 9.17) is 0 Å². The number of hydrogen-bond acceptors (Lipinski definition) is 2. The SMILES string of the molecule is CCCNC(C)c1ccccc1NC(=O)C1CCC1. The summed E-state index contributed by atoms with van der Waals surface area (Å²) in [6.07, 6.45) is 4.38. The summed E-state index contributed by atoms with van der Waals surface area (Å²) in [5.41, 5.74) is 2.12. The van der Waals surface area contributed by atoms with Crippen LogP contribution < -0.4 is 10.6 Å². The number of carbonyl (C=O) groups excluding carboxylic acids is 1. The molecule has 1 aliphatic carbocycles. The number of rotatable bonds is 6. The highest BCUT2D eigenvalue weighted by molar-refractivity contribution is 5.93. The largest absolute Gasteiger partial charge is 0.326 e. The number of para-hydroxylation sites is 1. The number of carbonyl (C=O) groups is 1. The van der Waals surface area contributed by atoms with Crippen LogP contribution in [0.1, 0.15) is 51.1 Å². The number of anilines is 1. The highest BCUT2D eigenvalue weighted by Gasteiger charge is 2.25. The molecule has 0 heterocycles. The van der Waals surface area contributed by atoms with Gasteiger partial charge in [-0.3, -0.25) is 4.79 Å². The average molecular weight is 260 g/mol. The fourth-order valence-electron chi connectivity index (χ4n) is 2.36. The van der Waals surface area contributed by atoms with E-state index < -0.39 is 0 Å². The van der Waals surface area contributed by atoms with Crippen molar-refractivity contribution in [2.75, 3.05) is 11.9 Å². The molecule has 1 atom stereocenters. The zero-order valence-electron chi connectivity index (χ0n) is 11.9. The minimum absolute atomic E-state index is 0.182. The molecule has 19 heavy (non-hydrogen) atoms. The first kappa shape index (κ1) is 14.1. The van der Waals surface area contributed by atoms with Gasteiger partial charge in [-0.15, -0.1) is 0 Å². The van der Waals surface area contributed by atoms with E-state index in [2.05, 4.69) is 30.5 Å². The van der Waals surface area contributed by atoms with Crippen LogP contribution in [0.15, 0.2) is 24.3 Å². The van der Waals surface area contributed by atoms with Gasteiger partial charge in [0.05, 0.1) is 0 Å². The Bertz CT molecular complexity index is 427. The third kappa shape index (κ3) is 3.57. The maximum absolute atomic E-state index is 12.1.